The van der Waals surface area contributed by atoms with E-state index in [-0.39, 0.29) is 34.5 Å². The minimum atomic E-state index is -4.11. The molecule has 0 aliphatic heterocycles. The van der Waals surface area contributed by atoms with Crippen LogP contribution in [0.15, 0.2) is 77.7 Å². The van der Waals surface area contributed by atoms with Crippen LogP contribution in [-0.2, 0) is 21.3 Å². The van der Waals surface area contributed by atoms with Crippen LogP contribution in [0.1, 0.15) is 29.8 Å². The predicted molar refractivity (Wildman–Crippen MR) is 126 cm³/mol. The predicted octanol–water partition coefficient (Wildman–Crippen LogP) is 4.66. The molecule has 0 fully saturated rings. The van der Waals surface area contributed by atoms with Crippen LogP contribution in [0.4, 0.5) is 5.69 Å². The lowest BCUT2D eigenvalue weighted by atomic mass is 10.1. The van der Waals surface area contributed by atoms with E-state index in [1.165, 1.54) is 36.7 Å². The minimum Gasteiger partial charge on any atom is -0.497 e. The van der Waals surface area contributed by atoms with Gasteiger partial charge in [0.2, 0.25) is 0 Å². The summed E-state index contributed by atoms with van der Waals surface area (Å²) < 4.78 is 45.1. The Balaban J connectivity index is 2.26. The lowest BCUT2D eigenvalue weighted by Crippen LogP contribution is -2.33. The van der Waals surface area contributed by atoms with Gasteiger partial charge in [-0.3, -0.25) is 4.31 Å². The molecule has 0 saturated heterocycles. The highest BCUT2D eigenvalue weighted by molar-refractivity contribution is 7.92. The van der Waals surface area contributed by atoms with Gasteiger partial charge in [0.1, 0.15) is 17.2 Å². The second-order valence-corrected chi connectivity index (χ2v) is 9.35. The van der Waals surface area contributed by atoms with Gasteiger partial charge < -0.3 is 14.2 Å². The molecule has 33 heavy (non-hydrogen) atoms. The second-order valence-electron chi connectivity index (χ2n) is 7.48. The molecular formula is C25H27NO6S. The summed E-state index contributed by atoms with van der Waals surface area (Å²) in [6.07, 6.45) is -0.251. The van der Waals surface area contributed by atoms with Crippen molar-refractivity contribution in [2.75, 3.05) is 18.5 Å². The zero-order valence-corrected chi connectivity index (χ0v) is 19.8. The van der Waals surface area contributed by atoms with E-state index in [0.717, 1.165) is 5.56 Å². The molecule has 3 aromatic rings. The molecular weight excluding hydrogens is 442 g/mol. The first-order valence-electron chi connectivity index (χ1n) is 10.4. The van der Waals surface area contributed by atoms with Crippen LogP contribution in [-0.4, -0.2) is 34.7 Å². The summed E-state index contributed by atoms with van der Waals surface area (Å²) in [7, 11) is -1.35. The number of carbonyl (C=O) groups is 1. The van der Waals surface area contributed by atoms with E-state index in [1.54, 1.807) is 24.3 Å². The van der Waals surface area contributed by atoms with Gasteiger partial charge in [0.05, 0.1) is 37.3 Å². The summed E-state index contributed by atoms with van der Waals surface area (Å²) in [5.74, 6) is 0.130. The van der Waals surface area contributed by atoms with Crippen molar-refractivity contribution in [2.45, 2.75) is 31.4 Å². The van der Waals surface area contributed by atoms with Crippen molar-refractivity contribution < 1.29 is 27.4 Å². The summed E-state index contributed by atoms with van der Waals surface area (Å²) >= 11 is 0. The quantitative estimate of drug-likeness (QED) is 0.424. The maximum absolute atomic E-state index is 13.9. The Bertz CT molecular complexity index is 1190. The maximum atomic E-state index is 13.9. The molecule has 0 spiro atoms. The molecule has 0 saturated carbocycles. The summed E-state index contributed by atoms with van der Waals surface area (Å²) in [5.41, 5.74) is 0.950. The number of hydrogen-bond acceptors (Lipinski definition) is 6. The number of hydrogen-bond donors (Lipinski definition) is 0. The molecule has 174 valence electrons. The topological polar surface area (TPSA) is 82.1 Å². The lowest BCUT2D eigenvalue weighted by molar-refractivity contribution is 0.0601. The van der Waals surface area contributed by atoms with E-state index < -0.39 is 16.0 Å². The molecule has 0 N–H and O–H groups in total. The van der Waals surface area contributed by atoms with Gasteiger partial charge in [0.15, 0.2) is 0 Å². The standard InChI is InChI=1S/C25H27NO6S/c1-18(2)32-23-12-8-11-22(25(27)31-4)24(23)26(17-19-9-6-5-7-10-19)33(28,29)21-15-13-20(30-3)14-16-21/h5-16,18H,17H2,1-4H3. The number of nitrogens with zero attached hydrogens (tertiary/aromatic N) is 1. The number of carbonyl (C=O) groups excluding carboxylic acids is 1. The average Bonchev–Trinajstić information content (AvgIpc) is 2.82. The van der Waals surface area contributed by atoms with Crippen LogP contribution in [0.2, 0.25) is 0 Å². The van der Waals surface area contributed by atoms with Gasteiger partial charge in [-0.2, -0.15) is 0 Å². The van der Waals surface area contributed by atoms with E-state index in [1.807, 2.05) is 44.2 Å². The largest absolute Gasteiger partial charge is 0.497 e. The maximum Gasteiger partial charge on any atom is 0.340 e. The van der Waals surface area contributed by atoms with E-state index in [4.69, 9.17) is 14.2 Å². The van der Waals surface area contributed by atoms with Crippen molar-refractivity contribution in [1.29, 1.82) is 0 Å². The summed E-state index contributed by atoms with van der Waals surface area (Å²) in [5, 5.41) is 0. The van der Waals surface area contributed by atoms with E-state index in [0.29, 0.717) is 5.75 Å². The second kappa shape index (κ2) is 10.4. The first-order valence-corrected chi connectivity index (χ1v) is 11.8. The molecule has 0 aliphatic rings. The third kappa shape index (κ3) is 5.46. The molecule has 3 rings (SSSR count). The van der Waals surface area contributed by atoms with Crippen LogP contribution >= 0.6 is 0 Å². The summed E-state index contributed by atoms with van der Waals surface area (Å²) in [4.78, 5) is 12.7. The number of sulfonamides is 1. The number of methoxy groups -OCH3 is 2. The molecule has 0 atom stereocenters. The molecule has 3 aromatic carbocycles. The van der Waals surface area contributed by atoms with Crippen LogP contribution in [0.25, 0.3) is 0 Å². The normalized spacial score (nSPS) is 11.2. The highest BCUT2D eigenvalue weighted by Gasteiger charge is 2.32. The molecule has 0 aromatic heterocycles. The van der Waals surface area contributed by atoms with Crippen LogP contribution in [0, 0.1) is 0 Å². The smallest absolute Gasteiger partial charge is 0.340 e. The van der Waals surface area contributed by atoms with E-state index >= 15 is 0 Å². The number of benzene rings is 3. The number of rotatable bonds is 9. The van der Waals surface area contributed by atoms with Crippen molar-refractivity contribution >= 4 is 21.7 Å². The molecule has 0 bridgehead atoms. The number of ether oxygens (including phenoxy) is 3. The van der Waals surface area contributed by atoms with Crippen molar-refractivity contribution in [3.63, 3.8) is 0 Å². The molecule has 0 heterocycles. The molecule has 8 heteroatoms. The van der Waals surface area contributed by atoms with Crippen molar-refractivity contribution in [1.82, 2.24) is 0 Å². The van der Waals surface area contributed by atoms with E-state index in [9.17, 15) is 13.2 Å². The summed E-state index contributed by atoms with van der Waals surface area (Å²) in [6.45, 7) is 3.64. The van der Waals surface area contributed by atoms with Gasteiger partial charge in [-0.15, -0.1) is 0 Å². The zero-order valence-electron chi connectivity index (χ0n) is 19.0. The highest BCUT2D eigenvalue weighted by atomic mass is 32.2. The van der Waals surface area contributed by atoms with Gasteiger partial charge in [-0.05, 0) is 55.8 Å². The molecule has 0 radical (unpaired) electrons. The Morgan fingerprint density at radius 3 is 2.15 bits per heavy atom. The van der Waals surface area contributed by atoms with E-state index in [2.05, 4.69) is 0 Å². The molecule has 7 nitrogen and oxygen atoms in total. The van der Waals surface area contributed by atoms with Crippen molar-refractivity contribution in [3.05, 3.63) is 83.9 Å². The Morgan fingerprint density at radius 2 is 1.58 bits per heavy atom. The van der Waals surface area contributed by atoms with Gasteiger partial charge in [-0.1, -0.05) is 36.4 Å². The molecule has 0 unspecified atom stereocenters. The molecule has 0 amide bonds. The first kappa shape index (κ1) is 24.1. The third-order valence-electron chi connectivity index (χ3n) is 4.83. The van der Waals surface area contributed by atoms with Crippen LogP contribution in [0.3, 0.4) is 0 Å². The Hall–Kier alpha value is -3.52. The first-order chi connectivity index (χ1) is 15.8. The number of esters is 1. The van der Waals surface area contributed by atoms with Gasteiger partial charge in [-0.25, -0.2) is 13.2 Å². The zero-order chi connectivity index (χ0) is 24.0. The average molecular weight is 470 g/mol. The van der Waals surface area contributed by atoms with Crippen LogP contribution in [0.5, 0.6) is 11.5 Å². The number of para-hydroxylation sites is 1. The SMILES string of the molecule is COC(=O)c1cccc(OC(C)C)c1N(Cc1ccccc1)S(=O)(=O)c1ccc(OC)cc1. The third-order valence-corrected chi connectivity index (χ3v) is 6.59. The fraction of sp³-hybridized carbons (Fsp3) is 0.240. The Morgan fingerprint density at radius 1 is 0.909 bits per heavy atom. The highest BCUT2D eigenvalue weighted by Crippen LogP contribution is 2.38. The Kier molecular flexibility index (Phi) is 7.60. The van der Waals surface area contributed by atoms with Gasteiger partial charge >= 0.3 is 5.97 Å². The minimum absolute atomic E-state index is 0.0162. The van der Waals surface area contributed by atoms with Crippen LogP contribution < -0.4 is 13.8 Å². The van der Waals surface area contributed by atoms with Gasteiger partial charge in [0, 0.05) is 0 Å². The number of anilines is 1. The summed E-state index contributed by atoms with van der Waals surface area (Å²) in [6, 6.07) is 20.0. The fourth-order valence-corrected chi connectivity index (χ4v) is 4.79. The monoisotopic (exact) mass is 469 g/mol. The van der Waals surface area contributed by atoms with Gasteiger partial charge in [0.25, 0.3) is 10.0 Å². The molecule has 0 aliphatic carbocycles. The Labute approximate surface area is 194 Å². The lowest BCUT2D eigenvalue weighted by Gasteiger charge is -2.29. The fourth-order valence-electron chi connectivity index (χ4n) is 3.31. The van der Waals surface area contributed by atoms with Crippen molar-refractivity contribution in [2.24, 2.45) is 0 Å². The van der Waals surface area contributed by atoms with Crippen molar-refractivity contribution in [3.8, 4) is 11.5 Å².